The second-order valence-corrected chi connectivity index (χ2v) is 4.29. The van der Waals surface area contributed by atoms with Crippen LogP contribution in [0, 0.1) is 0 Å². The third-order valence-electron chi connectivity index (χ3n) is 1.93. The molecule has 0 spiro atoms. The summed E-state index contributed by atoms with van der Waals surface area (Å²) in [6.45, 7) is 1.78. The number of hydrogen-bond acceptors (Lipinski definition) is 3. The fourth-order valence-corrected chi connectivity index (χ4v) is 1.87. The average molecular weight is 236 g/mol. The van der Waals surface area contributed by atoms with E-state index < -0.39 is 0 Å². The smallest absolute Gasteiger partial charge is 0.302 e. The van der Waals surface area contributed by atoms with Crippen molar-refractivity contribution in [2.24, 2.45) is 0 Å². The van der Waals surface area contributed by atoms with Crippen LogP contribution in [-0.4, -0.2) is 18.3 Å². The molecule has 0 aliphatic heterocycles. The molecule has 2 nitrogen and oxygen atoms in total. The van der Waals surface area contributed by atoms with Crippen molar-refractivity contribution in [1.82, 2.24) is 0 Å². The van der Waals surface area contributed by atoms with E-state index in [1.54, 1.807) is 11.8 Å². The van der Waals surface area contributed by atoms with Crippen molar-refractivity contribution in [2.45, 2.75) is 13.3 Å². The number of hydrogen-bond donors (Lipinski definition) is 0. The summed E-state index contributed by atoms with van der Waals surface area (Å²) in [6, 6.07) is 10.4. The second kappa shape index (κ2) is 7.99. The van der Waals surface area contributed by atoms with Crippen molar-refractivity contribution in [3.63, 3.8) is 0 Å². The van der Waals surface area contributed by atoms with E-state index in [0.29, 0.717) is 6.61 Å². The largest absolute Gasteiger partial charge is 0.462 e. The Morgan fingerprint density at radius 1 is 1.38 bits per heavy atom. The topological polar surface area (TPSA) is 26.3 Å². The van der Waals surface area contributed by atoms with Gasteiger partial charge in [-0.05, 0) is 23.5 Å². The number of thioether (sulfide) groups is 1. The summed E-state index contributed by atoms with van der Waals surface area (Å²) in [5.74, 6) is 0.805. The van der Waals surface area contributed by atoms with Crippen LogP contribution in [0.3, 0.4) is 0 Å². The quantitative estimate of drug-likeness (QED) is 0.561. The van der Waals surface area contributed by atoms with E-state index in [1.165, 1.54) is 12.5 Å². The third-order valence-corrected chi connectivity index (χ3v) is 2.75. The Kier molecular flexibility index (Phi) is 6.42. The van der Waals surface area contributed by atoms with E-state index in [0.717, 1.165) is 12.2 Å². The molecular formula is C13H16O2S. The van der Waals surface area contributed by atoms with E-state index in [-0.39, 0.29) is 5.97 Å². The fourth-order valence-electron chi connectivity index (χ4n) is 1.16. The number of benzene rings is 1. The highest BCUT2D eigenvalue weighted by Crippen LogP contribution is 2.07. The molecule has 0 atom stereocenters. The van der Waals surface area contributed by atoms with E-state index in [4.69, 9.17) is 4.74 Å². The first-order valence-corrected chi connectivity index (χ1v) is 6.28. The Morgan fingerprint density at radius 3 is 2.81 bits per heavy atom. The van der Waals surface area contributed by atoms with Gasteiger partial charge in [0.1, 0.15) is 6.61 Å². The van der Waals surface area contributed by atoms with Crippen molar-refractivity contribution >= 4 is 17.7 Å². The Morgan fingerprint density at radius 2 is 2.12 bits per heavy atom. The molecule has 0 fully saturated rings. The lowest BCUT2D eigenvalue weighted by atomic mass is 10.2. The molecule has 1 rings (SSSR count). The summed E-state index contributed by atoms with van der Waals surface area (Å²) < 4.78 is 4.77. The van der Waals surface area contributed by atoms with Crippen LogP contribution in [0.4, 0.5) is 0 Å². The maximum atomic E-state index is 10.5. The molecule has 1 aromatic rings. The van der Waals surface area contributed by atoms with E-state index in [9.17, 15) is 4.79 Å². The minimum absolute atomic E-state index is 0.237. The standard InChI is InChI=1S/C13H16O2S/c1-12(14)15-9-5-10-16-11-8-13-6-3-2-4-7-13/h2-7,10H,8-9,11H2,1H3/b10-5+. The first-order valence-electron chi connectivity index (χ1n) is 5.23. The van der Waals surface area contributed by atoms with Crippen LogP contribution in [0.1, 0.15) is 12.5 Å². The van der Waals surface area contributed by atoms with Crippen LogP contribution in [-0.2, 0) is 16.0 Å². The zero-order valence-electron chi connectivity index (χ0n) is 9.39. The minimum Gasteiger partial charge on any atom is -0.462 e. The molecule has 1 aromatic carbocycles. The van der Waals surface area contributed by atoms with Gasteiger partial charge < -0.3 is 4.74 Å². The number of carbonyl (C=O) groups is 1. The molecule has 0 N–H and O–H groups in total. The van der Waals surface area contributed by atoms with Gasteiger partial charge >= 0.3 is 5.97 Å². The van der Waals surface area contributed by atoms with Gasteiger partial charge in [0.05, 0.1) is 0 Å². The molecule has 86 valence electrons. The van der Waals surface area contributed by atoms with Crippen LogP contribution in [0.25, 0.3) is 0 Å². The lowest BCUT2D eigenvalue weighted by Crippen LogP contribution is -1.97. The number of esters is 1. The van der Waals surface area contributed by atoms with Crippen LogP contribution >= 0.6 is 11.8 Å². The van der Waals surface area contributed by atoms with Gasteiger partial charge in [-0.15, -0.1) is 11.8 Å². The zero-order valence-corrected chi connectivity index (χ0v) is 10.2. The van der Waals surface area contributed by atoms with Gasteiger partial charge in [0, 0.05) is 12.7 Å². The third kappa shape index (κ3) is 6.30. The van der Waals surface area contributed by atoms with Gasteiger partial charge in [-0.25, -0.2) is 0 Å². The maximum absolute atomic E-state index is 10.5. The van der Waals surface area contributed by atoms with Crippen molar-refractivity contribution in [2.75, 3.05) is 12.4 Å². The summed E-state index contributed by atoms with van der Waals surface area (Å²) in [5, 5.41) is 1.98. The van der Waals surface area contributed by atoms with E-state index in [2.05, 4.69) is 24.3 Å². The van der Waals surface area contributed by atoms with Crippen molar-refractivity contribution in [3.05, 3.63) is 47.4 Å². The Labute approximate surface area is 101 Å². The molecule has 0 amide bonds. The highest BCUT2D eigenvalue weighted by molar-refractivity contribution is 8.02. The molecule has 0 saturated heterocycles. The molecule has 0 aliphatic carbocycles. The van der Waals surface area contributed by atoms with Gasteiger partial charge in [-0.1, -0.05) is 30.3 Å². The van der Waals surface area contributed by atoms with Crippen molar-refractivity contribution in [3.8, 4) is 0 Å². The number of carbonyl (C=O) groups excluding carboxylic acids is 1. The van der Waals surface area contributed by atoms with Gasteiger partial charge in [0.25, 0.3) is 0 Å². The molecule has 0 bridgehead atoms. The SMILES string of the molecule is CC(=O)OC/C=C/SCCc1ccccc1. The van der Waals surface area contributed by atoms with Crippen molar-refractivity contribution < 1.29 is 9.53 Å². The molecule has 0 saturated carbocycles. The van der Waals surface area contributed by atoms with Gasteiger partial charge in [0.15, 0.2) is 0 Å². The lowest BCUT2D eigenvalue weighted by Gasteiger charge is -1.98. The molecule has 0 aromatic heterocycles. The predicted octanol–water partition coefficient (Wildman–Crippen LogP) is 3.04. The Hall–Kier alpha value is -1.22. The lowest BCUT2D eigenvalue weighted by molar-refractivity contribution is -0.139. The molecule has 3 heteroatoms. The van der Waals surface area contributed by atoms with Crippen LogP contribution in [0.2, 0.25) is 0 Å². The molecule has 0 aliphatic rings. The average Bonchev–Trinajstić information content (AvgIpc) is 2.29. The summed E-state index contributed by atoms with van der Waals surface area (Å²) in [7, 11) is 0. The van der Waals surface area contributed by atoms with E-state index in [1.807, 2.05) is 17.6 Å². The normalized spacial score (nSPS) is 10.6. The first-order chi connectivity index (χ1) is 7.79. The molecule has 16 heavy (non-hydrogen) atoms. The fraction of sp³-hybridized carbons (Fsp3) is 0.308. The number of aryl methyl sites for hydroxylation is 1. The monoisotopic (exact) mass is 236 g/mol. The maximum Gasteiger partial charge on any atom is 0.302 e. The molecule has 0 radical (unpaired) electrons. The molecule has 0 heterocycles. The summed E-state index contributed by atoms with van der Waals surface area (Å²) in [5.41, 5.74) is 1.35. The van der Waals surface area contributed by atoms with Crippen LogP contribution in [0.15, 0.2) is 41.8 Å². The minimum atomic E-state index is -0.237. The molecular weight excluding hydrogens is 220 g/mol. The number of ether oxygens (including phenoxy) is 1. The summed E-state index contributed by atoms with van der Waals surface area (Å²) in [6.07, 6.45) is 2.92. The summed E-state index contributed by atoms with van der Waals surface area (Å²) >= 11 is 1.73. The zero-order chi connectivity index (χ0) is 11.6. The van der Waals surface area contributed by atoms with Gasteiger partial charge in [0.2, 0.25) is 0 Å². The highest BCUT2D eigenvalue weighted by Gasteiger charge is 1.90. The number of rotatable bonds is 6. The predicted molar refractivity (Wildman–Crippen MR) is 68.4 cm³/mol. The second-order valence-electron chi connectivity index (χ2n) is 3.28. The van der Waals surface area contributed by atoms with E-state index >= 15 is 0 Å². The van der Waals surface area contributed by atoms with Gasteiger partial charge in [-0.2, -0.15) is 0 Å². The van der Waals surface area contributed by atoms with Gasteiger partial charge in [-0.3, -0.25) is 4.79 Å². The van der Waals surface area contributed by atoms with Crippen molar-refractivity contribution in [1.29, 1.82) is 0 Å². The highest BCUT2D eigenvalue weighted by atomic mass is 32.2. The summed E-state index contributed by atoms with van der Waals surface area (Å²) in [4.78, 5) is 10.5. The van der Waals surface area contributed by atoms with Crippen LogP contribution < -0.4 is 0 Å². The first kappa shape index (κ1) is 12.8. The molecule has 0 unspecified atom stereocenters. The Balaban J connectivity index is 2.06. The Bertz CT molecular complexity index is 333. The van der Waals surface area contributed by atoms with Crippen LogP contribution in [0.5, 0.6) is 0 Å².